The number of nitrogens with zero attached hydrogens (tertiary/aromatic N) is 1. The molecular weight excluding hydrogens is 396 g/mol. The first kappa shape index (κ1) is 22.3. The SMILES string of the molecule is CC(=O)Nc1cccc(CCN2CCCC(OC(c3ccccc3)c3ccccc3)C2)c1. The Balaban J connectivity index is 1.38. The minimum Gasteiger partial charge on any atom is -0.364 e. The molecule has 4 rings (SSSR count). The largest absolute Gasteiger partial charge is 0.364 e. The number of ether oxygens (including phenoxy) is 1. The third-order valence-corrected chi connectivity index (χ3v) is 5.96. The van der Waals surface area contributed by atoms with Crippen LogP contribution in [0.5, 0.6) is 0 Å². The van der Waals surface area contributed by atoms with Gasteiger partial charge in [-0.15, -0.1) is 0 Å². The van der Waals surface area contributed by atoms with Gasteiger partial charge in [0.2, 0.25) is 5.91 Å². The maximum absolute atomic E-state index is 11.3. The molecule has 3 aromatic rings. The summed E-state index contributed by atoms with van der Waals surface area (Å²) in [5.74, 6) is -0.0374. The van der Waals surface area contributed by atoms with Crippen molar-refractivity contribution in [2.45, 2.75) is 38.4 Å². The van der Waals surface area contributed by atoms with Crippen molar-refractivity contribution < 1.29 is 9.53 Å². The number of likely N-dealkylation sites (tertiary alicyclic amines) is 1. The van der Waals surface area contributed by atoms with E-state index < -0.39 is 0 Å². The second-order valence-corrected chi connectivity index (χ2v) is 8.53. The van der Waals surface area contributed by atoms with Crippen molar-refractivity contribution >= 4 is 11.6 Å². The van der Waals surface area contributed by atoms with E-state index in [1.807, 2.05) is 12.1 Å². The van der Waals surface area contributed by atoms with Crippen molar-refractivity contribution in [1.29, 1.82) is 0 Å². The summed E-state index contributed by atoms with van der Waals surface area (Å²) >= 11 is 0. The van der Waals surface area contributed by atoms with E-state index in [1.165, 1.54) is 16.7 Å². The fourth-order valence-electron chi connectivity index (χ4n) is 4.42. The zero-order valence-electron chi connectivity index (χ0n) is 18.7. The second-order valence-electron chi connectivity index (χ2n) is 8.53. The molecule has 0 saturated carbocycles. The highest BCUT2D eigenvalue weighted by atomic mass is 16.5. The van der Waals surface area contributed by atoms with Crippen molar-refractivity contribution in [2.75, 3.05) is 25.0 Å². The summed E-state index contributed by atoms with van der Waals surface area (Å²) in [6.07, 6.45) is 3.36. The Labute approximate surface area is 191 Å². The van der Waals surface area contributed by atoms with Crippen LogP contribution in [-0.2, 0) is 16.0 Å². The highest BCUT2D eigenvalue weighted by Gasteiger charge is 2.25. The van der Waals surface area contributed by atoms with Crippen LogP contribution in [0, 0.1) is 0 Å². The summed E-state index contributed by atoms with van der Waals surface area (Å²) in [6, 6.07) is 29.2. The first-order chi connectivity index (χ1) is 15.7. The zero-order chi connectivity index (χ0) is 22.2. The summed E-state index contributed by atoms with van der Waals surface area (Å²) in [5, 5.41) is 2.87. The number of anilines is 1. The molecule has 0 radical (unpaired) electrons. The van der Waals surface area contributed by atoms with E-state index in [0.29, 0.717) is 0 Å². The second kappa shape index (κ2) is 11.1. The van der Waals surface area contributed by atoms with Gasteiger partial charge in [0.1, 0.15) is 6.10 Å². The Kier molecular flexibility index (Phi) is 7.70. The van der Waals surface area contributed by atoms with E-state index in [1.54, 1.807) is 6.92 Å². The number of nitrogens with one attached hydrogen (secondary N) is 1. The molecule has 1 aliphatic rings. The molecule has 0 spiro atoms. The number of hydrogen-bond acceptors (Lipinski definition) is 3. The van der Waals surface area contributed by atoms with Gasteiger partial charge in [0.25, 0.3) is 0 Å². The lowest BCUT2D eigenvalue weighted by atomic mass is 10.00. The van der Waals surface area contributed by atoms with Crippen LogP contribution in [0.25, 0.3) is 0 Å². The monoisotopic (exact) mass is 428 g/mol. The van der Waals surface area contributed by atoms with Gasteiger partial charge in [0.05, 0.1) is 6.10 Å². The normalized spacial score (nSPS) is 16.8. The van der Waals surface area contributed by atoms with E-state index in [-0.39, 0.29) is 18.1 Å². The third-order valence-electron chi connectivity index (χ3n) is 5.96. The lowest BCUT2D eigenvalue weighted by Gasteiger charge is -2.35. The topological polar surface area (TPSA) is 41.6 Å². The van der Waals surface area contributed by atoms with Crippen LogP contribution in [0.4, 0.5) is 5.69 Å². The predicted molar refractivity (Wildman–Crippen MR) is 130 cm³/mol. The van der Waals surface area contributed by atoms with Crippen LogP contribution in [0.3, 0.4) is 0 Å². The molecule has 0 bridgehead atoms. The Morgan fingerprint density at radius 3 is 2.34 bits per heavy atom. The number of amides is 1. The highest BCUT2D eigenvalue weighted by Crippen LogP contribution is 2.29. The molecule has 1 amide bonds. The van der Waals surface area contributed by atoms with Crippen LogP contribution in [0.1, 0.15) is 42.6 Å². The quantitative estimate of drug-likeness (QED) is 0.518. The van der Waals surface area contributed by atoms with E-state index in [4.69, 9.17) is 4.74 Å². The van der Waals surface area contributed by atoms with Gasteiger partial charge in [-0.3, -0.25) is 4.79 Å². The Morgan fingerprint density at radius 2 is 1.69 bits per heavy atom. The average Bonchev–Trinajstić information content (AvgIpc) is 2.82. The smallest absolute Gasteiger partial charge is 0.221 e. The molecule has 0 aromatic heterocycles. The third kappa shape index (κ3) is 6.28. The van der Waals surface area contributed by atoms with Crippen LogP contribution in [-0.4, -0.2) is 36.5 Å². The summed E-state index contributed by atoms with van der Waals surface area (Å²) in [4.78, 5) is 13.8. The number of benzene rings is 3. The van der Waals surface area contributed by atoms with Gasteiger partial charge < -0.3 is 15.0 Å². The molecular formula is C28H32N2O2. The molecule has 1 atom stereocenters. The summed E-state index contributed by atoms with van der Waals surface area (Å²) < 4.78 is 6.72. The molecule has 1 fully saturated rings. The number of carbonyl (C=O) groups excluding carboxylic acids is 1. The van der Waals surface area contributed by atoms with Gasteiger partial charge in [0, 0.05) is 25.7 Å². The van der Waals surface area contributed by atoms with Crippen molar-refractivity contribution in [2.24, 2.45) is 0 Å². The molecule has 3 aromatic carbocycles. The van der Waals surface area contributed by atoms with Gasteiger partial charge in [-0.05, 0) is 54.6 Å². The van der Waals surface area contributed by atoms with E-state index in [0.717, 1.165) is 44.6 Å². The van der Waals surface area contributed by atoms with Crippen molar-refractivity contribution in [3.8, 4) is 0 Å². The lowest BCUT2D eigenvalue weighted by molar-refractivity contribution is -0.114. The molecule has 1 unspecified atom stereocenters. The number of rotatable bonds is 8. The molecule has 4 nitrogen and oxygen atoms in total. The molecule has 1 N–H and O–H groups in total. The van der Waals surface area contributed by atoms with Gasteiger partial charge >= 0.3 is 0 Å². The molecule has 1 aliphatic heterocycles. The van der Waals surface area contributed by atoms with Crippen LogP contribution >= 0.6 is 0 Å². The van der Waals surface area contributed by atoms with Gasteiger partial charge in [-0.1, -0.05) is 72.8 Å². The summed E-state index contributed by atoms with van der Waals surface area (Å²) in [7, 11) is 0. The fraction of sp³-hybridized carbons (Fsp3) is 0.321. The lowest BCUT2D eigenvalue weighted by Crippen LogP contribution is -2.41. The first-order valence-corrected chi connectivity index (χ1v) is 11.5. The van der Waals surface area contributed by atoms with E-state index >= 15 is 0 Å². The zero-order valence-corrected chi connectivity index (χ0v) is 18.7. The molecule has 4 heteroatoms. The fourth-order valence-corrected chi connectivity index (χ4v) is 4.42. The number of hydrogen-bond donors (Lipinski definition) is 1. The minimum atomic E-state index is -0.0447. The summed E-state index contributed by atoms with van der Waals surface area (Å²) in [5.41, 5.74) is 4.50. The van der Waals surface area contributed by atoms with Crippen LogP contribution in [0.15, 0.2) is 84.9 Å². The minimum absolute atomic E-state index is 0.0374. The average molecular weight is 429 g/mol. The van der Waals surface area contributed by atoms with E-state index in [9.17, 15) is 4.79 Å². The first-order valence-electron chi connectivity index (χ1n) is 11.5. The Bertz CT molecular complexity index is 951. The Hall–Kier alpha value is -2.95. The molecule has 0 aliphatic carbocycles. The van der Waals surface area contributed by atoms with Gasteiger partial charge in [-0.2, -0.15) is 0 Å². The van der Waals surface area contributed by atoms with Crippen LogP contribution in [0.2, 0.25) is 0 Å². The van der Waals surface area contributed by atoms with Crippen molar-refractivity contribution in [3.05, 3.63) is 102 Å². The summed E-state index contributed by atoms with van der Waals surface area (Å²) in [6.45, 7) is 4.58. The van der Waals surface area contributed by atoms with Crippen molar-refractivity contribution in [3.63, 3.8) is 0 Å². The van der Waals surface area contributed by atoms with Crippen molar-refractivity contribution in [1.82, 2.24) is 4.90 Å². The van der Waals surface area contributed by atoms with Crippen LogP contribution < -0.4 is 5.32 Å². The molecule has 32 heavy (non-hydrogen) atoms. The molecule has 1 heterocycles. The van der Waals surface area contributed by atoms with E-state index in [2.05, 4.69) is 83.0 Å². The predicted octanol–water partition coefficient (Wildman–Crippen LogP) is 5.46. The maximum atomic E-state index is 11.3. The maximum Gasteiger partial charge on any atom is 0.221 e. The molecule has 166 valence electrons. The highest BCUT2D eigenvalue weighted by molar-refractivity contribution is 5.88. The Morgan fingerprint density at radius 1 is 1.00 bits per heavy atom. The molecule has 1 saturated heterocycles. The number of piperidine rings is 1. The van der Waals surface area contributed by atoms with Gasteiger partial charge in [-0.25, -0.2) is 0 Å². The van der Waals surface area contributed by atoms with Gasteiger partial charge in [0.15, 0.2) is 0 Å². The number of carbonyl (C=O) groups is 1. The standard InChI is InChI=1S/C28H32N2O2/c1-22(31)29-26-15-8-10-23(20-26)17-19-30-18-9-16-27(21-30)32-28(24-11-4-2-5-12-24)25-13-6-3-7-14-25/h2-8,10-15,20,27-28H,9,16-19,21H2,1H3,(H,29,31).